The van der Waals surface area contributed by atoms with E-state index in [1.165, 1.54) is 37.4 Å². The number of phenols is 1. The number of carbonyl (C=O) groups is 2. The highest BCUT2D eigenvalue weighted by atomic mass is 19.4. The number of ketones is 2. The van der Waals surface area contributed by atoms with E-state index in [2.05, 4.69) is 20.6 Å². The Balaban J connectivity index is 0.000000188. The van der Waals surface area contributed by atoms with Crippen LogP contribution < -0.4 is 24.8 Å². The Labute approximate surface area is 436 Å². The van der Waals surface area contributed by atoms with Crippen molar-refractivity contribution < 1.29 is 64.0 Å². The van der Waals surface area contributed by atoms with Crippen LogP contribution in [-0.2, 0) is 0 Å². The number of rotatable bonds is 19. The van der Waals surface area contributed by atoms with Crippen molar-refractivity contribution in [3.05, 3.63) is 144 Å². The number of fused-ring (bicyclic) bond motifs is 2. The minimum atomic E-state index is -4.33. The molecule has 12 nitrogen and oxygen atoms in total. The molecule has 0 aliphatic heterocycles. The summed E-state index contributed by atoms with van der Waals surface area (Å²) < 4.78 is 125. The van der Waals surface area contributed by atoms with Crippen LogP contribution in [0.25, 0.3) is 33.4 Å². The smallest absolute Gasteiger partial charge is 0.390 e. The quantitative estimate of drug-likeness (QED) is 0.0529. The van der Waals surface area contributed by atoms with Gasteiger partial charge >= 0.3 is 12.4 Å². The molecule has 2 aliphatic carbocycles. The van der Waals surface area contributed by atoms with Crippen molar-refractivity contribution in [2.45, 2.75) is 77.6 Å². The molecule has 3 N–H and O–H groups in total. The number of nitrogens with zero attached hydrogens (tertiary/aromatic N) is 4. The van der Waals surface area contributed by atoms with E-state index >= 15 is 0 Å². The predicted octanol–water partition coefficient (Wildman–Crippen LogP) is 14.9. The van der Waals surface area contributed by atoms with Crippen molar-refractivity contribution in [3.63, 3.8) is 0 Å². The summed E-state index contributed by atoms with van der Waals surface area (Å²) in [5.41, 5.74) is 7.03. The number of aryl methyl sites for hydroxylation is 2. The second kappa shape index (κ2) is 22.2. The fourth-order valence-electron chi connectivity index (χ4n) is 8.80. The third-order valence-corrected chi connectivity index (χ3v) is 13.1. The third-order valence-electron chi connectivity index (χ3n) is 13.1. The van der Waals surface area contributed by atoms with E-state index in [1.54, 1.807) is 52.1 Å². The highest BCUT2D eigenvalue weighted by Gasteiger charge is 2.29. The van der Waals surface area contributed by atoms with Crippen LogP contribution in [0.2, 0.25) is 0 Å². The van der Waals surface area contributed by atoms with Gasteiger partial charge in [0.25, 0.3) is 0 Å². The summed E-state index contributed by atoms with van der Waals surface area (Å²) >= 11 is 0. The van der Waals surface area contributed by atoms with E-state index < -0.39 is 42.6 Å². The molecular weight excluding hydrogens is 1020 g/mol. The largest absolute Gasteiger partial charge is 0.505 e. The highest BCUT2D eigenvalue weighted by Crippen LogP contribution is 2.39. The van der Waals surface area contributed by atoms with Crippen molar-refractivity contribution in [3.8, 4) is 45.9 Å². The van der Waals surface area contributed by atoms with Crippen molar-refractivity contribution in [2.24, 2.45) is 11.8 Å². The van der Waals surface area contributed by atoms with E-state index in [9.17, 15) is 49.8 Å². The topological polar surface area (TPSA) is 142 Å². The number of phenolic OH excluding ortho intramolecular Hbond substituents is 1. The van der Waals surface area contributed by atoms with E-state index in [4.69, 9.17) is 14.2 Å². The minimum Gasteiger partial charge on any atom is -0.505 e. The number of Topliss-reactive ketones (excluding diaryl/α,β-unsaturated/α-hetero) is 2. The van der Waals surface area contributed by atoms with Gasteiger partial charge in [0.2, 0.25) is 0 Å². The van der Waals surface area contributed by atoms with Crippen molar-refractivity contribution in [2.75, 3.05) is 30.8 Å². The van der Waals surface area contributed by atoms with Crippen LogP contribution in [0.5, 0.6) is 34.5 Å². The lowest BCUT2D eigenvalue weighted by Gasteiger charge is -2.14. The van der Waals surface area contributed by atoms with Crippen LogP contribution in [-0.4, -0.2) is 68.3 Å². The van der Waals surface area contributed by atoms with Gasteiger partial charge in [-0.15, -0.1) is 0 Å². The number of carbonyl (C=O) groups excluding carboxylic acids is 2. The zero-order valence-electron chi connectivity index (χ0n) is 41.9. The summed E-state index contributed by atoms with van der Waals surface area (Å²) in [5, 5.41) is 15.0. The predicted molar refractivity (Wildman–Crippen MR) is 274 cm³/mol. The fourth-order valence-corrected chi connectivity index (χ4v) is 8.80. The Hall–Kier alpha value is -8.16. The number of halogens is 8. The molecule has 0 amide bonds. The van der Waals surface area contributed by atoms with Crippen molar-refractivity contribution in [1.82, 2.24) is 19.1 Å². The maximum absolute atomic E-state index is 14.2. The van der Waals surface area contributed by atoms with Crippen molar-refractivity contribution in [1.29, 1.82) is 0 Å². The number of hydrogen-bond donors (Lipinski definition) is 3. The molecule has 0 saturated heterocycles. The molecule has 2 saturated carbocycles. The van der Waals surface area contributed by atoms with Crippen LogP contribution in [0.15, 0.2) is 110 Å². The Morgan fingerprint density at radius 3 is 1.43 bits per heavy atom. The average Bonchev–Trinajstić information content (AvgIpc) is 4.29. The van der Waals surface area contributed by atoms with Crippen LogP contribution in [0.1, 0.15) is 83.2 Å². The summed E-state index contributed by atoms with van der Waals surface area (Å²) in [7, 11) is 1.35. The lowest BCUT2D eigenvalue weighted by molar-refractivity contribution is -0.132. The average molecular weight is 1070 g/mol. The Morgan fingerprint density at radius 1 is 0.597 bits per heavy atom. The highest BCUT2D eigenvalue weighted by molar-refractivity contribution is 5.99. The molecule has 20 heteroatoms. The first-order valence-electron chi connectivity index (χ1n) is 24.8. The second-order valence-electron chi connectivity index (χ2n) is 19.2. The molecule has 0 bridgehead atoms. The van der Waals surface area contributed by atoms with Gasteiger partial charge in [0.05, 0.1) is 42.4 Å². The van der Waals surface area contributed by atoms with E-state index in [0.717, 1.165) is 60.7 Å². The van der Waals surface area contributed by atoms with E-state index in [-0.39, 0.29) is 53.4 Å². The molecule has 2 aromatic heterocycles. The van der Waals surface area contributed by atoms with Gasteiger partial charge in [-0.3, -0.25) is 18.7 Å². The summed E-state index contributed by atoms with van der Waals surface area (Å²) in [6.45, 7) is 3.00. The van der Waals surface area contributed by atoms with Crippen LogP contribution in [0.3, 0.4) is 0 Å². The molecule has 8 aromatic rings. The van der Waals surface area contributed by atoms with Crippen LogP contribution in [0, 0.1) is 37.3 Å². The lowest BCUT2D eigenvalue weighted by Crippen LogP contribution is -2.14. The Morgan fingerprint density at radius 2 is 1.04 bits per heavy atom. The van der Waals surface area contributed by atoms with Gasteiger partial charge in [0.1, 0.15) is 46.7 Å². The first kappa shape index (κ1) is 53.7. The number of hydrogen-bond acceptors (Lipinski definition) is 10. The summed E-state index contributed by atoms with van der Waals surface area (Å²) in [6.07, 6.45) is -2.16. The molecule has 2 fully saturated rings. The zero-order chi connectivity index (χ0) is 54.8. The van der Waals surface area contributed by atoms with Crippen LogP contribution >= 0.6 is 0 Å². The molecule has 6 aromatic carbocycles. The number of methoxy groups -OCH3 is 1. The van der Waals surface area contributed by atoms with E-state index in [0.29, 0.717) is 74.9 Å². The van der Waals surface area contributed by atoms with E-state index in [1.807, 2.05) is 32.0 Å². The fraction of sp³-hybridized carbons (Fsp3) is 0.298. The molecule has 10 rings (SSSR count). The molecule has 0 atom stereocenters. The minimum absolute atomic E-state index is 0.0554. The second-order valence-corrected chi connectivity index (χ2v) is 19.2. The normalized spacial score (nSPS) is 13.5. The first-order chi connectivity index (χ1) is 36.7. The molecule has 2 heterocycles. The number of aromatic hydroxyl groups is 1. The molecule has 0 spiro atoms. The zero-order valence-corrected chi connectivity index (χ0v) is 41.9. The van der Waals surface area contributed by atoms with Gasteiger partial charge in [-0.1, -0.05) is 0 Å². The molecule has 402 valence electrons. The van der Waals surface area contributed by atoms with Gasteiger partial charge < -0.3 is 30.0 Å². The third kappa shape index (κ3) is 13.5. The number of anilines is 2. The molecular formula is C57H52F8N6O6. The number of nitrogens with one attached hydrogen (secondary N) is 2. The van der Waals surface area contributed by atoms with Gasteiger partial charge in [0, 0.05) is 84.8 Å². The SMILES string of the molecule is COc1ccc(Oc2cc(NCCC(F)(F)F)c3ncn(-c4ccc(C(=O)CC5CC5)c(C)c4)c3c2)cc1F.Cc1cc(-n2cnc3c(NCCC(F)(F)F)cc(Oc4ccc(O)c(F)c4)cc32)ccc1C(=O)CC1CC1. The van der Waals surface area contributed by atoms with Gasteiger partial charge in [-0.25, -0.2) is 18.7 Å². The number of alkyl halides is 6. The molecule has 0 unspecified atom stereocenters. The number of benzene rings is 6. The summed E-state index contributed by atoms with van der Waals surface area (Å²) in [6, 6.07) is 24.9. The van der Waals surface area contributed by atoms with Crippen molar-refractivity contribution >= 4 is 45.0 Å². The first-order valence-corrected chi connectivity index (χ1v) is 24.8. The number of aromatic nitrogens is 4. The Bertz CT molecular complexity index is 3490. The lowest BCUT2D eigenvalue weighted by atomic mass is 10.0. The maximum Gasteiger partial charge on any atom is 0.390 e. The number of imidazole rings is 2. The van der Waals surface area contributed by atoms with Gasteiger partial charge in [-0.2, -0.15) is 26.3 Å². The van der Waals surface area contributed by atoms with Gasteiger partial charge in [-0.05, 0) is 123 Å². The summed E-state index contributed by atoms with van der Waals surface area (Å²) in [4.78, 5) is 34.2. The standard InChI is InChI=1S/C29H27F4N3O3.C28H25F4N3O3/c1-17-11-19(5-7-22(17)26(37)12-18-3-4-18)36-16-35-28-24(34-10-9-29(31,32)33)14-21(15-25(28)36)39-20-6-8-27(38-2)23(30)13-20;1-16-10-18(4-6-21(16)26(37)11-17-2-3-17)35-15-34-27-23(33-9-8-28(30,31)32)13-20(14-24(27)35)38-19-5-7-25(36)22(29)12-19/h5-8,11,13-16,18,34H,3-4,9-10,12H2,1-2H3;4-7,10,12-15,17,33,36H,2-3,8-9,11H2,1H3. The summed E-state index contributed by atoms with van der Waals surface area (Å²) in [5.74, 6) is 0.0160. The molecule has 0 radical (unpaired) electrons. The number of ether oxygens (including phenoxy) is 3. The monoisotopic (exact) mass is 1070 g/mol. The molecule has 2 aliphatic rings. The van der Waals surface area contributed by atoms with Crippen LogP contribution in [0.4, 0.5) is 46.5 Å². The Kier molecular flexibility index (Phi) is 15.5. The molecule has 77 heavy (non-hydrogen) atoms. The van der Waals surface area contributed by atoms with Gasteiger partial charge in [0.15, 0.2) is 34.7 Å². The maximum atomic E-state index is 14.2.